The van der Waals surface area contributed by atoms with Gasteiger partial charge in [-0.2, -0.15) is 0 Å². The molecule has 2 rings (SSSR count). The summed E-state index contributed by atoms with van der Waals surface area (Å²) in [6.45, 7) is 5.41. The highest BCUT2D eigenvalue weighted by atomic mass is 79.9. The van der Waals surface area contributed by atoms with Crippen LogP contribution in [0.5, 0.6) is 11.5 Å². The van der Waals surface area contributed by atoms with Crippen molar-refractivity contribution in [2.24, 2.45) is 0 Å². The highest BCUT2D eigenvalue weighted by Gasteiger charge is 2.14. The van der Waals surface area contributed by atoms with Crippen LogP contribution in [0.4, 0.5) is 0 Å². The van der Waals surface area contributed by atoms with Crippen LogP contribution in [-0.4, -0.2) is 26.9 Å². The van der Waals surface area contributed by atoms with Crippen LogP contribution >= 0.6 is 39.1 Å². The molecule has 2 aromatic carbocycles. The van der Waals surface area contributed by atoms with Crippen molar-refractivity contribution in [1.29, 1.82) is 0 Å². The number of rotatable bonds is 11. The summed E-state index contributed by atoms with van der Waals surface area (Å²) in [5, 5.41) is 4.55. The number of hydrogen-bond acceptors (Lipinski definition) is 4. The van der Waals surface area contributed by atoms with E-state index in [1.54, 1.807) is 25.3 Å². The number of benzene rings is 2. The predicted octanol–water partition coefficient (Wildman–Crippen LogP) is 5.86. The molecule has 0 atom stereocenters. The first-order valence-electron chi connectivity index (χ1n) is 8.77. The van der Waals surface area contributed by atoms with Crippen molar-refractivity contribution in [2.75, 3.05) is 26.9 Å². The Morgan fingerprint density at radius 2 is 1.89 bits per heavy atom. The maximum absolute atomic E-state index is 6.21. The van der Waals surface area contributed by atoms with E-state index in [0.29, 0.717) is 21.5 Å². The Morgan fingerprint density at radius 3 is 2.56 bits per heavy atom. The first-order valence-corrected chi connectivity index (χ1v) is 10.3. The second-order valence-corrected chi connectivity index (χ2v) is 7.49. The normalized spacial score (nSPS) is 10.9. The molecule has 0 aliphatic heterocycles. The number of halogens is 3. The Labute approximate surface area is 179 Å². The van der Waals surface area contributed by atoms with Gasteiger partial charge < -0.3 is 19.5 Å². The van der Waals surface area contributed by atoms with E-state index in [0.717, 1.165) is 48.3 Å². The fourth-order valence-electron chi connectivity index (χ4n) is 2.51. The highest BCUT2D eigenvalue weighted by Crippen LogP contribution is 2.38. The molecule has 0 unspecified atom stereocenters. The minimum absolute atomic E-state index is 0.252. The number of hydrogen-bond donors (Lipinski definition) is 1. The van der Waals surface area contributed by atoms with Crippen molar-refractivity contribution < 1.29 is 14.2 Å². The first kappa shape index (κ1) is 22.3. The molecule has 4 nitrogen and oxygen atoms in total. The summed E-state index contributed by atoms with van der Waals surface area (Å²) in [6, 6.07) is 9.36. The van der Waals surface area contributed by atoms with Crippen LogP contribution in [0.25, 0.3) is 0 Å². The van der Waals surface area contributed by atoms with Crippen molar-refractivity contribution in [1.82, 2.24) is 5.32 Å². The molecule has 0 spiro atoms. The van der Waals surface area contributed by atoms with Crippen LogP contribution < -0.4 is 14.8 Å². The lowest BCUT2D eigenvalue weighted by Crippen LogP contribution is -2.16. The Kier molecular flexibility index (Phi) is 9.73. The van der Waals surface area contributed by atoms with Crippen LogP contribution in [0, 0.1) is 0 Å². The second-order valence-electron chi connectivity index (χ2n) is 5.83. The molecule has 0 bridgehead atoms. The first-order chi connectivity index (χ1) is 13.1. The molecule has 0 fully saturated rings. The molecule has 27 heavy (non-hydrogen) atoms. The lowest BCUT2D eigenvalue weighted by atomic mass is 10.2. The molecule has 148 valence electrons. The van der Waals surface area contributed by atoms with Gasteiger partial charge in [-0.1, -0.05) is 29.3 Å². The third-order valence-electron chi connectivity index (χ3n) is 3.89. The van der Waals surface area contributed by atoms with Gasteiger partial charge in [0.2, 0.25) is 0 Å². The van der Waals surface area contributed by atoms with E-state index in [4.69, 9.17) is 37.4 Å². The summed E-state index contributed by atoms with van der Waals surface area (Å²) in [4.78, 5) is 0. The molecule has 0 saturated heterocycles. The monoisotopic (exact) mass is 475 g/mol. The summed E-state index contributed by atoms with van der Waals surface area (Å²) in [6.07, 6.45) is 0.978. The van der Waals surface area contributed by atoms with Crippen LogP contribution in [0.1, 0.15) is 24.5 Å². The molecule has 0 saturated carbocycles. The van der Waals surface area contributed by atoms with Gasteiger partial charge in [-0.15, -0.1) is 0 Å². The van der Waals surface area contributed by atoms with Gasteiger partial charge in [-0.3, -0.25) is 0 Å². The van der Waals surface area contributed by atoms with Gasteiger partial charge in [0.05, 0.1) is 11.6 Å². The van der Waals surface area contributed by atoms with Crippen LogP contribution in [0.15, 0.2) is 34.8 Å². The van der Waals surface area contributed by atoms with Crippen molar-refractivity contribution in [3.05, 3.63) is 56.0 Å². The molecule has 7 heteroatoms. The van der Waals surface area contributed by atoms with Gasteiger partial charge in [-0.25, -0.2) is 0 Å². The van der Waals surface area contributed by atoms with Gasteiger partial charge in [0, 0.05) is 35.4 Å². The standard InChI is InChI=1S/C20H24BrCl2NO3/c1-3-26-9-5-8-24-12-14-10-16(21)20(19(11-14)25-2)27-13-15-17(22)6-4-7-18(15)23/h4,6-7,10-11,24H,3,5,8-9,12-13H2,1-2H3. The summed E-state index contributed by atoms with van der Waals surface area (Å²) in [7, 11) is 1.62. The number of ether oxygens (including phenoxy) is 3. The molecule has 0 aliphatic rings. The fraction of sp³-hybridized carbons (Fsp3) is 0.400. The van der Waals surface area contributed by atoms with E-state index in [1.165, 1.54) is 0 Å². The van der Waals surface area contributed by atoms with E-state index in [1.807, 2.05) is 19.1 Å². The van der Waals surface area contributed by atoms with Gasteiger partial charge in [0.25, 0.3) is 0 Å². The fourth-order valence-corrected chi connectivity index (χ4v) is 3.62. The van der Waals surface area contributed by atoms with Crippen molar-refractivity contribution >= 4 is 39.1 Å². The van der Waals surface area contributed by atoms with E-state index >= 15 is 0 Å². The van der Waals surface area contributed by atoms with E-state index in [-0.39, 0.29) is 6.61 Å². The zero-order chi connectivity index (χ0) is 19.6. The van der Waals surface area contributed by atoms with Crippen LogP contribution in [0.2, 0.25) is 10.0 Å². The zero-order valence-corrected chi connectivity index (χ0v) is 18.6. The molecule has 0 heterocycles. The third-order valence-corrected chi connectivity index (χ3v) is 5.18. The quantitative estimate of drug-likeness (QED) is 0.412. The Hall–Kier alpha value is -0.980. The number of methoxy groups -OCH3 is 1. The maximum Gasteiger partial charge on any atom is 0.175 e. The molecule has 2 aromatic rings. The second kappa shape index (κ2) is 11.8. The molecular weight excluding hydrogens is 453 g/mol. The molecule has 1 N–H and O–H groups in total. The Bertz CT molecular complexity index is 723. The van der Waals surface area contributed by atoms with E-state index in [2.05, 4.69) is 21.2 Å². The Morgan fingerprint density at radius 1 is 1.15 bits per heavy atom. The van der Waals surface area contributed by atoms with E-state index in [9.17, 15) is 0 Å². The topological polar surface area (TPSA) is 39.7 Å². The summed E-state index contributed by atoms with van der Waals surface area (Å²) < 4.78 is 17.6. The summed E-state index contributed by atoms with van der Waals surface area (Å²) >= 11 is 16.0. The Balaban J connectivity index is 2.01. The van der Waals surface area contributed by atoms with Crippen LogP contribution in [-0.2, 0) is 17.9 Å². The average molecular weight is 477 g/mol. The predicted molar refractivity (Wildman–Crippen MR) is 114 cm³/mol. The molecule has 0 aliphatic carbocycles. The van der Waals surface area contributed by atoms with Crippen molar-refractivity contribution in [2.45, 2.75) is 26.5 Å². The summed E-state index contributed by atoms with van der Waals surface area (Å²) in [5.74, 6) is 1.27. The van der Waals surface area contributed by atoms with Gasteiger partial charge in [0.1, 0.15) is 6.61 Å². The highest BCUT2D eigenvalue weighted by molar-refractivity contribution is 9.10. The summed E-state index contributed by atoms with van der Waals surface area (Å²) in [5.41, 5.74) is 1.84. The zero-order valence-electron chi connectivity index (χ0n) is 15.5. The van der Waals surface area contributed by atoms with Crippen molar-refractivity contribution in [3.8, 4) is 11.5 Å². The minimum atomic E-state index is 0.252. The molecule has 0 aromatic heterocycles. The number of nitrogens with one attached hydrogen (secondary N) is 1. The lowest BCUT2D eigenvalue weighted by Gasteiger charge is -2.16. The molecule has 0 amide bonds. The smallest absolute Gasteiger partial charge is 0.175 e. The van der Waals surface area contributed by atoms with Crippen LogP contribution in [0.3, 0.4) is 0 Å². The van der Waals surface area contributed by atoms with Gasteiger partial charge >= 0.3 is 0 Å². The maximum atomic E-state index is 6.21. The van der Waals surface area contributed by atoms with E-state index < -0.39 is 0 Å². The average Bonchev–Trinajstić information content (AvgIpc) is 2.65. The minimum Gasteiger partial charge on any atom is -0.493 e. The third kappa shape index (κ3) is 6.84. The molecule has 0 radical (unpaired) electrons. The van der Waals surface area contributed by atoms with Crippen molar-refractivity contribution in [3.63, 3.8) is 0 Å². The lowest BCUT2D eigenvalue weighted by molar-refractivity contribution is 0.144. The largest absolute Gasteiger partial charge is 0.493 e. The molecular formula is C20H24BrCl2NO3. The SMILES string of the molecule is CCOCCCNCc1cc(Br)c(OCc2c(Cl)cccc2Cl)c(OC)c1. The van der Waals surface area contributed by atoms with Gasteiger partial charge in [-0.05, 0) is 65.6 Å². The van der Waals surface area contributed by atoms with Gasteiger partial charge in [0.15, 0.2) is 11.5 Å².